The van der Waals surface area contributed by atoms with Gasteiger partial charge in [0.15, 0.2) is 0 Å². The van der Waals surface area contributed by atoms with Crippen LogP contribution in [-0.2, 0) is 4.79 Å². The van der Waals surface area contributed by atoms with Crippen molar-refractivity contribution in [1.29, 1.82) is 0 Å². The number of ether oxygens (including phenoxy) is 1. The number of hydrogen-bond donors (Lipinski definition) is 1. The summed E-state index contributed by atoms with van der Waals surface area (Å²) in [6.45, 7) is 4.03. The van der Waals surface area contributed by atoms with Crippen LogP contribution in [-0.4, -0.2) is 11.9 Å². The van der Waals surface area contributed by atoms with Gasteiger partial charge in [-0.1, -0.05) is 17.7 Å². The highest BCUT2D eigenvalue weighted by molar-refractivity contribution is 5.35. The number of benzene rings is 2. The van der Waals surface area contributed by atoms with Gasteiger partial charge in [-0.25, -0.2) is 0 Å². The van der Waals surface area contributed by atoms with Gasteiger partial charge >= 0.3 is 0 Å². The smallest absolute Gasteiger partial charge is 0.127 e. The van der Waals surface area contributed by atoms with Gasteiger partial charge in [0.25, 0.3) is 0 Å². The Kier molecular flexibility index (Phi) is 4.76. The molecule has 2 rings (SSSR count). The van der Waals surface area contributed by atoms with Crippen LogP contribution < -0.4 is 4.74 Å². The quantitative estimate of drug-likeness (QED) is 0.860. The average molecular weight is 230 g/mol. The molecule has 0 heterocycles. The SMILES string of the molecule is C=O.Cc1ccc(Oc2ccc(O)cc2)cc1. The zero-order valence-electron chi connectivity index (χ0n) is 9.59. The summed E-state index contributed by atoms with van der Waals surface area (Å²) in [5, 5.41) is 9.10. The highest BCUT2D eigenvalue weighted by atomic mass is 16.5. The molecule has 2 aromatic rings. The summed E-state index contributed by atoms with van der Waals surface area (Å²) < 4.78 is 5.58. The fourth-order valence-corrected chi connectivity index (χ4v) is 1.26. The highest BCUT2D eigenvalue weighted by Crippen LogP contribution is 2.23. The van der Waals surface area contributed by atoms with E-state index in [1.807, 2.05) is 38.0 Å². The zero-order valence-corrected chi connectivity index (χ0v) is 9.59. The number of carbonyl (C=O) groups is 1. The molecule has 3 heteroatoms. The third kappa shape index (κ3) is 3.99. The Hall–Kier alpha value is -2.29. The lowest BCUT2D eigenvalue weighted by Gasteiger charge is -2.05. The van der Waals surface area contributed by atoms with Crippen molar-refractivity contribution in [3.8, 4) is 17.2 Å². The summed E-state index contributed by atoms with van der Waals surface area (Å²) in [6, 6.07) is 14.5. The predicted molar refractivity (Wildman–Crippen MR) is 66.5 cm³/mol. The van der Waals surface area contributed by atoms with Gasteiger partial charge in [-0.3, -0.25) is 0 Å². The molecular formula is C14H14O3. The van der Waals surface area contributed by atoms with Crippen molar-refractivity contribution in [3.05, 3.63) is 54.1 Å². The molecule has 0 atom stereocenters. The Morgan fingerprint density at radius 2 is 1.29 bits per heavy atom. The van der Waals surface area contributed by atoms with E-state index in [0.717, 1.165) is 11.5 Å². The number of carbonyl (C=O) groups excluding carboxylic acids is 1. The fourth-order valence-electron chi connectivity index (χ4n) is 1.26. The molecule has 0 radical (unpaired) electrons. The van der Waals surface area contributed by atoms with E-state index < -0.39 is 0 Å². The van der Waals surface area contributed by atoms with Crippen LogP contribution >= 0.6 is 0 Å². The van der Waals surface area contributed by atoms with E-state index in [-0.39, 0.29) is 5.75 Å². The molecule has 0 bridgehead atoms. The van der Waals surface area contributed by atoms with Crippen LogP contribution in [0.1, 0.15) is 5.56 Å². The van der Waals surface area contributed by atoms with E-state index in [1.165, 1.54) is 5.56 Å². The Morgan fingerprint density at radius 1 is 0.882 bits per heavy atom. The normalized spacial score (nSPS) is 9.00. The number of hydrogen-bond acceptors (Lipinski definition) is 3. The first-order valence-corrected chi connectivity index (χ1v) is 5.06. The van der Waals surface area contributed by atoms with Crippen LogP contribution in [0.5, 0.6) is 17.2 Å². The second kappa shape index (κ2) is 6.33. The monoisotopic (exact) mass is 230 g/mol. The number of rotatable bonds is 2. The molecule has 0 saturated carbocycles. The minimum Gasteiger partial charge on any atom is -0.508 e. The number of phenolic OH excluding ortho intramolecular Hbond substituents is 1. The molecular weight excluding hydrogens is 216 g/mol. The van der Waals surface area contributed by atoms with Gasteiger partial charge in [-0.2, -0.15) is 0 Å². The van der Waals surface area contributed by atoms with Gasteiger partial charge in [0.1, 0.15) is 24.0 Å². The van der Waals surface area contributed by atoms with Gasteiger partial charge in [0.2, 0.25) is 0 Å². The Bertz CT molecular complexity index is 402. The minimum absolute atomic E-state index is 0.242. The Labute approximate surface area is 100 Å². The van der Waals surface area contributed by atoms with Gasteiger partial charge in [-0.15, -0.1) is 0 Å². The largest absolute Gasteiger partial charge is 0.508 e. The van der Waals surface area contributed by atoms with Crippen LogP contribution in [0, 0.1) is 6.92 Å². The van der Waals surface area contributed by atoms with Crippen LogP contribution in [0.4, 0.5) is 0 Å². The van der Waals surface area contributed by atoms with E-state index >= 15 is 0 Å². The summed E-state index contributed by atoms with van der Waals surface area (Å²) in [4.78, 5) is 8.00. The third-order valence-corrected chi connectivity index (χ3v) is 2.09. The molecule has 0 spiro atoms. The van der Waals surface area contributed by atoms with Gasteiger partial charge in [-0.05, 0) is 43.3 Å². The van der Waals surface area contributed by atoms with Crippen LogP contribution in [0.2, 0.25) is 0 Å². The van der Waals surface area contributed by atoms with Gasteiger partial charge < -0.3 is 14.6 Å². The number of aryl methyl sites for hydroxylation is 1. The lowest BCUT2D eigenvalue weighted by Crippen LogP contribution is -1.83. The third-order valence-electron chi connectivity index (χ3n) is 2.09. The Balaban J connectivity index is 0.000000686. The van der Waals surface area contributed by atoms with Crippen LogP contribution in [0.25, 0.3) is 0 Å². The second-order valence-corrected chi connectivity index (χ2v) is 3.41. The summed E-state index contributed by atoms with van der Waals surface area (Å²) in [6.07, 6.45) is 0. The average Bonchev–Trinajstić information content (AvgIpc) is 2.37. The summed E-state index contributed by atoms with van der Waals surface area (Å²) in [5.74, 6) is 1.76. The van der Waals surface area contributed by atoms with Crippen molar-refractivity contribution < 1.29 is 14.6 Å². The van der Waals surface area contributed by atoms with Crippen molar-refractivity contribution in [3.63, 3.8) is 0 Å². The maximum atomic E-state index is 9.10. The van der Waals surface area contributed by atoms with Crippen molar-refractivity contribution in [1.82, 2.24) is 0 Å². The molecule has 0 saturated heterocycles. The lowest BCUT2D eigenvalue weighted by atomic mass is 10.2. The molecule has 0 unspecified atom stereocenters. The summed E-state index contributed by atoms with van der Waals surface area (Å²) in [5.41, 5.74) is 1.20. The van der Waals surface area contributed by atoms with Crippen molar-refractivity contribution in [2.45, 2.75) is 6.92 Å². The van der Waals surface area contributed by atoms with Crippen molar-refractivity contribution in [2.75, 3.05) is 0 Å². The van der Waals surface area contributed by atoms with E-state index in [4.69, 9.17) is 14.6 Å². The van der Waals surface area contributed by atoms with Crippen molar-refractivity contribution in [2.24, 2.45) is 0 Å². The predicted octanol–water partition coefficient (Wildman–Crippen LogP) is 3.31. The molecule has 2 aromatic carbocycles. The minimum atomic E-state index is 0.242. The van der Waals surface area contributed by atoms with Crippen molar-refractivity contribution >= 4 is 6.79 Å². The molecule has 0 aliphatic carbocycles. The molecule has 0 fully saturated rings. The molecule has 0 aliphatic heterocycles. The molecule has 3 nitrogen and oxygen atoms in total. The van der Waals surface area contributed by atoms with E-state index in [1.54, 1.807) is 24.3 Å². The first kappa shape index (κ1) is 12.8. The summed E-state index contributed by atoms with van der Waals surface area (Å²) >= 11 is 0. The first-order valence-electron chi connectivity index (χ1n) is 5.06. The first-order chi connectivity index (χ1) is 8.24. The molecule has 0 aliphatic rings. The van der Waals surface area contributed by atoms with Crippen LogP contribution in [0.3, 0.4) is 0 Å². The maximum absolute atomic E-state index is 9.10. The molecule has 0 aromatic heterocycles. The molecule has 1 N–H and O–H groups in total. The van der Waals surface area contributed by atoms with Gasteiger partial charge in [0.05, 0.1) is 0 Å². The second-order valence-electron chi connectivity index (χ2n) is 3.41. The topological polar surface area (TPSA) is 46.5 Å². The Morgan fingerprint density at radius 3 is 1.76 bits per heavy atom. The number of phenols is 1. The molecule has 88 valence electrons. The highest BCUT2D eigenvalue weighted by Gasteiger charge is 1.96. The molecule has 0 amide bonds. The van der Waals surface area contributed by atoms with Crippen LogP contribution in [0.15, 0.2) is 48.5 Å². The maximum Gasteiger partial charge on any atom is 0.127 e. The van der Waals surface area contributed by atoms with Gasteiger partial charge in [0, 0.05) is 0 Å². The summed E-state index contributed by atoms with van der Waals surface area (Å²) in [7, 11) is 0. The number of aromatic hydroxyl groups is 1. The lowest BCUT2D eigenvalue weighted by molar-refractivity contribution is -0.0979. The standard InChI is InChI=1S/C13H12O2.CH2O/c1-10-2-6-12(7-3-10)15-13-8-4-11(14)5-9-13;1-2/h2-9,14H,1H3;1H2. The van der Waals surface area contributed by atoms with E-state index in [0.29, 0.717) is 0 Å². The van der Waals surface area contributed by atoms with E-state index in [2.05, 4.69) is 0 Å². The zero-order chi connectivity index (χ0) is 12.7. The van der Waals surface area contributed by atoms with E-state index in [9.17, 15) is 0 Å². The molecule has 17 heavy (non-hydrogen) atoms. The fraction of sp³-hybridized carbons (Fsp3) is 0.0714.